The largest absolute Gasteiger partial charge is 0.463 e. The van der Waals surface area contributed by atoms with Crippen molar-refractivity contribution in [1.29, 1.82) is 0 Å². The molecule has 0 aromatic rings. The zero-order valence-corrected chi connectivity index (χ0v) is 43.3. The van der Waals surface area contributed by atoms with Crippen LogP contribution >= 0.6 is 47.0 Å². The Balaban J connectivity index is 0.000000165. The maximum atomic E-state index is 11.5. The summed E-state index contributed by atoms with van der Waals surface area (Å²) in [5, 5.41) is 26.0. The lowest BCUT2D eigenvalue weighted by Crippen LogP contribution is -2.39. The minimum absolute atomic E-state index is 0.0101. The van der Waals surface area contributed by atoms with E-state index in [1.165, 1.54) is 25.7 Å². The van der Waals surface area contributed by atoms with Crippen molar-refractivity contribution >= 4 is 82.9 Å². The number of thioether (sulfide) groups is 4. The van der Waals surface area contributed by atoms with E-state index >= 15 is 0 Å². The Labute approximate surface area is 405 Å². The molecular formula is C46H80N8O7S4. The van der Waals surface area contributed by atoms with Crippen LogP contribution in [0.1, 0.15) is 132 Å². The van der Waals surface area contributed by atoms with Crippen LogP contribution in [-0.4, -0.2) is 134 Å². The SMILES string of the molecule is CC(C)C(=O)CCCC[C@@H]1SC[C@@H]2NC(=O)N[C@@H]21.CC(C)C1SC[C@@H]2NC(=O)N[C@H]12.CC(C)CCCC[C@@H]1SC[C@@H]2NC(=O)N[C@@H]21.CC(C)OC(=O)CCCC[C@@H]1SC[C@@H]2NC(=O)N[C@@H]21. The number of ether oxygens (including phenoxy) is 1. The summed E-state index contributed by atoms with van der Waals surface area (Å²) in [5.41, 5.74) is 0. The lowest BCUT2D eigenvalue weighted by Gasteiger charge is -2.19. The molecule has 8 heterocycles. The van der Waals surface area contributed by atoms with Crippen LogP contribution in [0, 0.1) is 17.8 Å². The Morgan fingerprint density at radius 3 is 1.29 bits per heavy atom. The van der Waals surface area contributed by atoms with E-state index < -0.39 is 0 Å². The molecule has 370 valence electrons. The number of nitrogens with one attached hydrogen (secondary N) is 8. The van der Waals surface area contributed by atoms with Gasteiger partial charge in [0.2, 0.25) is 0 Å². The number of unbranched alkanes of at least 4 members (excludes halogenated alkanes) is 3. The highest BCUT2D eigenvalue weighted by Gasteiger charge is 2.46. The molecule has 0 aromatic carbocycles. The number of esters is 1. The first-order chi connectivity index (χ1) is 31.0. The quantitative estimate of drug-likeness (QED) is 0.0408. The fraction of sp³-hybridized carbons (Fsp3) is 0.870. The molecule has 8 aliphatic rings. The van der Waals surface area contributed by atoms with Gasteiger partial charge in [0.05, 0.1) is 54.4 Å². The number of ketones is 1. The van der Waals surface area contributed by atoms with E-state index in [0.29, 0.717) is 81.8 Å². The molecule has 15 nitrogen and oxygen atoms in total. The minimum atomic E-state index is -0.109. The molecule has 0 saturated carbocycles. The summed E-state index contributed by atoms with van der Waals surface area (Å²) >= 11 is 7.84. The highest BCUT2D eigenvalue weighted by molar-refractivity contribution is 8.01. The lowest BCUT2D eigenvalue weighted by molar-refractivity contribution is -0.147. The zero-order valence-electron chi connectivity index (χ0n) is 40.0. The molecule has 0 aromatic heterocycles. The average Bonchev–Trinajstić information content (AvgIpc) is 4.10. The predicted molar refractivity (Wildman–Crippen MR) is 268 cm³/mol. The van der Waals surface area contributed by atoms with Crippen molar-refractivity contribution < 1.29 is 33.5 Å². The van der Waals surface area contributed by atoms with Crippen LogP contribution in [0.5, 0.6) is 0 Å². The second-order valence-corrected chi connectivity index (χ2v) is 25.0. The van der Waals surface area contributed by atoms with E-state index in [1.54, 1.807) is 0 Å². The molecule has 0 radical (unpaired) electrons. The second-order valence-electron chi connectivity index (χ2n) is 20.0. The van der Waals surface area contributed by atoms with Gasteiger partial charge in [-0.15, -0.1) is 0 Å². The number of carbonyl (C=O) groups is 6. The van der Waals surface area contributed by atoms with Gasteiger partial charge in [-0.3, -0.25) is 9.59 Å². The molecule has 8 rings (SSSR count). The minimum Gasteiger partial charge on any atom is -0.463 e. The number of Topliss-reactive ketones (excluding diaryl/α,β-unsaturated/α-hetero) is 1. The van der Waals surface area contributed by atoms with E-state index in [9.17, 15) is 28.8 Å². The summed E-state index contributed by atoms with van der Waals surface area (Å²) in [6, 6.07) is 2.63. The third-order valence-electron chi connectivity index (χ3n) is 13.2. The van der Waals surface area contributed by atoms with E-state index in [4.69, 9.17) is 4.74 Å². The lowest BCUT2D eigenvalue weighted by atomic mass is 10.00. The van der Waals surface area contributed by atoms with Gasteiger partial charge in [0.15, 0.2) is 0 Å². The van der Waals surface area contributed by atoms with E-state index in [1.807, 2.05) is 74.7 Å². The first-order valence-electron chi connectivity index (χ1n) is 24.5. The van der Waals surface area contributed by atoms with Crippen LogP contribution in [0.25, 0.3) is 0 Å². The van der Waals surface area contributed by atoms with E-state index in [-0.39, 0.29) is 54.2 Å². The molecular weight excluding hydrogens is 905 g/mol. The van der Waals surface area contributed by atoms with Gasteiger partial charge >= 0.3 is 30.1 Å². The van der Waals surface area contributed by atoms with E-state index in [0.717, 1.165) is 67.5 Å². The molecule has 1 unspecified atom stereocenters. The first kappa shape index (κ1) is 53.6. The molecule has 65 heavy (non-hydrogen) atoms. The number of rotatable bonds is 18. The van der Waals surface area contributed by atoms with Crippen LogP contribution in [0.4, 0.5) is 19.2 Å². The highest BCUT2D eigenvalue weighted by atomic mass is 32.2. The molecule has 0 spiro atoms. The van der Waals surface area contributed by atoms with Gasteiger partial charge in [0.1, 0.15) is 5.78 Å². The maximum absolute atomic E-state index is 11.5. The predicted octanol–water partition coefficient (Wildman–Crippen LogP) is 6.78. The number of fused-ring (bicyclic) bond motifs is 4. The molecule has 19 heteroatoms. The Morgan fingerprint density at radius 2 is 0.892 bits per heavy atom. The topological polar surface area (TPSA) is 208 Å². The Bertz CT molecular complexity index is 1600. The van der Waals surface area contributed by atoms with Crippen LogP contribution < -0.4 is 42.5 Å². The normalized spacial score (nSPS) is 32.2. The highest BCUT2D eigenvalue weighted by Crippen LogP contribution is 2.36. The summed E-state index contributed by atoms with van der Waals surface area (Å²) < 4.78 is 5.09. The van der Waals surface area contributed by atoms with Crippen LogP contribution in [0.15, 0.2) is 0 Å². The fourth-order valence-corrected chi connectivity index (χ4v) is 15.8. The first-order valence-corrected chi connectivity index (χ1v) is 28.6. The molecule has 8 fully saturated rings. The van der Waals surface area contributed by atoms with Crippen molar-refractivity contribution in [3.05, 3.63) is 0 Å². The van der Waals surface area contributed by atoms with Gasteiger partial charge in [0.25, 0.3) is 0 Å². The van der Waals surface area contributed by atoms with Crippen LogP contribution in [0.3, 0.4) is 0 Å². The molecule has 0 bridgehead atoms. The van der Waals surface area contributed by atoms with Gasteiger partial charge in [-0.25, -0.2) is 19.2 Å². The van der Waals surface area contributed by atoms with Crippen molar-refractivity contribution in [2.75, 3.05) is 23.0 Å². The van der Waals surface area contributed by atoms with Crippen LogP contribution in [0.2, 0.25) is 0 Å². The van der Waals surface area contributed by atoms with Crippen molar-refractivity contribution in [2.45, 2.75) is 208 Å². The number of hydrogen-bond donors (Lipinski definition) is 8. The maximum Gasteiger partial charge on any atom is 0.315 e. The number of amides is 8. The molecule has 8 saturated heterocycles. The third-order valence-corrected chi connectivity index (χ3v) is 19.5. The Kier molecular flexibility index (Phi) is 21.8. The summed E-state index contributed by atoms with van der Waals surface area (Å²) in [6.45, 7) is 16.6. The Morgan fingerprint density at radius 1 is 0.508 bits per heavy atom. The van der Waals surface area contributed by atoms with Crippen molar-refractivity contribution in [3.63, 3.8) is 0 Å². The van der Waals surface area contributed by atoms with Gasteiger partial charge in [-0.1, -0.05) is 73.6 Å². The number of hydrogen-bond acceptors (Lipinski definition) is 11. The number of carbonyl (C=O) groups excluding carboxylic acids is 6. The van der Waals surface area contributed by atoms with Crippen molar-refractivity contribution in [3.8, 4) is 0 Å². The number of urea groups is 4. The molecule has 0 aliphatic carbocycles. The summed E-state index contributed by atoms with van der Waals surface area (Å²) in [4.78, 5) is 67.5. The standard InChI is InChI=1S/C13H22N2O3S.C13H22N2O2S.C12H22N2OS.C8H14N2OS/c1-8(2)18-11(16)6-4-3-5-10-12-9(7-19-10)14-13(17)15-12;1-8(2)10(16)5-3-4-6-11-12-9(7-18-11)14-13(17)15-12;1-8(2)5-3-4-6-10-11-9(7-16-10)13-12(15)14-11;1-4(2)7-6-5(3-12-7)9-8(11)10-6/h8-10,12H,3-7H2,1-2H3,(H2,14,15,17);8-9,11-12H,3-7H2,1-2H3,(H2,14,15,17);8-11H,3-7H2,1-2H3,(H2,13,14,15);4-7H,3H2,1-2H3,(H2,9,10,11)/t9-,10-,12-;9-,11-,12-;9-,10-,11-;5-,6-,7?/m0000/s1. The van der Waals surface area contributed by atoms with Gasteiger partial charge in [0, 0.05) is 62.8 Å². The van der Waals surface area contributed by atoms with Crippen LogP contribution in [-0.2, 0) is 14.3 Å². The monoisotopic (exact) mass is 985 g/mol. The average molecular weight is 985 g/mol. The van der Waals surface area contributed by atoms with Gasteiger partial charge in [-0.2, -0.15) is 47.0 Å². The summed E-state index contributed by atoms with van der Waals surface area (Å²) in [7, 11) is 0. The zero-order chi connectivity index (χ0) is 47.2. The van der Waals surface area contributed by atoms with Gasteiger partial charge in [-0.05, 0) is 57.8 Å². The smallest absolute Gasteiger partial charge is 0.315 e. The van der Waals surface area contributed by atoms with Crippen molar-refractivity contribution in [1.82, 2.24) is 42.5 Å². The van der Waals surface area contributed by atoms with Crippen molar-refractivity contribution in [2.24, 2.45) is 17.8 Å². The molecule has 8 N–H and O–H groups in total. The molecule has 8 amide bonds. The second kappa shape index (κ2) is 26.4. The summed E-state index contributed by atoms with van der Waals surface area (Å²) in [6.07, 6.45) is 12.4. The third kappa shape index (κ3) is 16.7. The molecule has 12 atom stereocenters. The molecule has 8 aliphatic heterocycles. The van der Waals surface area contributed by atoms with Gasteiger partial charge < -0.3 is 47.3 Å². The summed E-state index contributed by atoms with van der Waals surface area (Å²) in [5.74, 6) is 6.02. The fourth-order valence-electron chi connectivity index (χ4n) is 9.63. The Hall–Kier alpha value is -2.38. The van der Waals surface area contributed by atoms with E-state index in [2.05, 4.69) is 70.2 Å².